The van der Waals surface area contributed by atoms with Crippen LogP contribution in [-0.4, -0.2) is 50.6 Å². The lowest BCUT2D eigenvalue weighted by Crippen LogP contribution is -2.48. The summed E-state index contributed by atoms with van der Waals surface area (Å²) in [6.45, 7) is 3.27. The third-order valence-corrected chi connectivity index (χ3v) is 5.06. The molecule has 1 N–H and O–H groups in total. The van der Waals surface area contributed by atoms with E-state index in [-0.39, 0.29) is 11.5 Å². The monoisotopic (exact) mass is 393 g/mol. The summed E-state index contributed by atoms with van der Waals surface area (Å²) < 4.78 is 10.5. The molecule has 2 heterocycles. The van der Waals surface area contributed by atoms with Gasteiger partial charge in [0.2, 0.25) is 5.91 Å². The van der Waals surface area contributed by atoms with Crippen LogP contribution in [0.3, 0.4) is 0 Å². The molecule has 3 aromatic rings. The van der Waals surface area contributed by atoms with Gasteiger partial charge in [-0.25, -0.2) is 4.79 Å². The van der Waals surface area contributed by atoms with E-state index in [0.29, 0.717) is 17.9 Å². The minimum Gasteiger partial charge on any atom is -0.497 e. The van der Waals surface area contributed by atoms with Gasteiger partial charge in [0.15, 0.2) is 0 Å². The molecule has 0 spiro atoms. The van der Waals surface area contributed by atoms with Crippen molar-refractivity contribution < 1.29 is 13.9 Å². The number of fused-ring (bicyclic) bond motifs is 1. The lowest BCUT2D eigenvalue weighted by atomic mass is 10.1. The number of benzene rings is 2. The van der Waals surface area contributed by atoms with Crippen LogP contribution in [0.25, 0.3) is 11.0 Å². The molecule has 1 saturated heterocycles. The van der Waals surface area contributed by atoms with Crippen molar-refractivity contribution >= 4 is 28.3 Å². The molecule has 0 aliphatic carbocycles. The van der Waals surface area contributed by atoms with Crippen molar-refractivity contribution in [2.24, 2.45) is 0 Å². The number of piperazine rings is 1. The summed E-state index contributed by atoms with van der Waals surface area (Å²) in [5.74, 6) is 0.647. The first-order valence-electron chi connectivity index (χ1n) is 9.56. The topological polar surface area (TPSA) is 75.0 Å². The van der Waals surface area contributed by atoms with Crippen molar-refractivity contribution in [1.29, 1.82) is 0 Å². The van der Waals surface area contributed by atoms with Gasteiger partial charge in [-0.15, -0.1) is 0 Å². The number of para-hydroxylation sites is 1. The van der Waals surface area contributed by atoms with Gasteiger partial charge in [-0.3, -0.25) is 9.69 Å². The van der Waals surface area contributed by atoms with Gasteiger partial charge >= 0.3 is 5.63 Å². The maximum absolute atomic E-state index is 12.4. The molecule has 1 amide bonds. The molecule has 0 saturated carbocycles. The number of methoxy groups -OCH3 is 1. The number of nitrogens with one attached hydrogen (secondary N) is 1. The largest absolute Gasteiger partial charge is 0.497 e. The maximum atomic E-state index is 12.4. The average molecular weight is 393 g/mol. The third kappa shape index (κ3) is 4.41. The zero-order chi connectivity index (χ0) is 20.2. The summed E-state index contributed by atoms with van der Waals surface area (Å²) in [7, 11) is 1.60. The zero-order valence-corrected chi connectivity index (χ0v) is 16.3. The first-order chi connectivity index (χ1) is 14.1. The van der Waals surface area contributed by atoms with Crippen molar-refractivity contribution in [1.82, 2.24) is 4.90 Å². The maximum Gasteiger partial charge on any atom is 0.338 e. The molecule has 0 atom stereocenters. The fourth-order valence-corrected chi connectivity index (χ4v) is 3.61. The predicted molar refractivity (Wildman–Crippen MR) is 113 cm³/mol. The highest BCUT2D eigenvalue weighted by Gasteiger charge is 2.21. The van der Waals surface area contributed by atoms with Gasteiger partial charge in [-0.05, 0) is 24.3 Å². The second-order valence-electron chi connectivity index (χ2n) is 6.99. The highest BCUT2D eigenvalue weighted by molar-refractivity contribution is 5.92. The van der Waals surface area contributed by atoms with Crippen LogP contribution in [0.2, 0.25) is 0 Å². The highest BCUT2D eigenvalue weighted by atomic mass is 16.5. The van der Waals surface area contributed by atoms with Crippen LogP contribution >= 0.6 is 0 Å². The van der Waals surface area contributed by atoms with Crippen molar-refractivity contribution in [3.63, 3.8) is 0 Å². The van der Waals surface area contributed by atoms with Crippen LogP contribution < -0.4 is 20.6 Å². The molecule has 1 aliphatic rings. The average Bonchev–Trinajstić information content (AvgIpc) is 2.73. The molecular formula is C22H23N3O4. The van der Waals surface area contributed by atoms with Gasteiger partial charge in [-0.2, -0.15) is 0 Å². The zero-order valence-electron chi connectivity index (χ0n) is 16.3. The third-order valence-electron chi connectivity index (χ3n) is 5.06. The first-order valence-corrected chi connectivity index (χ1v) is 9.56. The number of hydrogen-bond acceptors (Lipinski definition) is 6. The van der Waals surface area contributed by atoms with Crippen LogP contribution in [0.5, 0.6) is 5.75 Å². The molecule has 4 rings (SSSR count). The molecular weight excluding hydrogens is 370 g/mol. The summed E-state index contributed by atoms with van der Waals surface area (Å²) in [5.41, 5.74) is 1.85. The molecule has 1 fully saturated rings. The number of carbonyl (C=O) groups excluding carboxylic acids is 1. The predicted octanol–water partition coefficient (Wildman–Crippen LogP) is 2.56. The summed E-state index contributed by atoms with van der Waals surface area (Å²) in [6.07, 6.45) is 0. The summed E-state index contributed by atoms with van der Waals surface area (Å²) >= 11 is 0. The van der Waals surface area contributed by atoms with E-state index < -0.39 is 0 Å². The minimum absolute atomic E-state index is 0.0579. The van der Waals surface area contributed by atoms with Crippen LogP contribution in [0, 0.1) is 0 Å². The Morgan fingerprint density at radius 2 is 1.86 bits per heavy atom. The van der Waals surface area contributed by atoms with Gasteiger partial charge in [0, 0.05) is 49.4 Å². The fourth-order valence-electron chi connectivity index (χ4n) is 3.61. The van der Waals surface area contributed by atoms with Gasteiger partial charge in [-0.1, -0.05) is 18.2 Å². The van der Waals surface area contributed by atoms with Crippen molar-refractivity contribution in [2.45, 2.75) is 0 Å². The van der Waals surface area contributed by atoms with E-state index in [0.717, 1.165) is 42.9 Å². The normalized spacial score (nSPS) is 14.7. The number of carbonyl (C=O) groups is 1. The number of rotatable bonds is 5. The minimum atomic E-state index is -0.348. The van der Waals surface area contributed by atoms with Gasteiger partial charge in [0.1, 0.15) is 11.3 Å². The smallest absolute Gasteiger partial charge is 0.338 e. The highest BCUT2D eigenvalue weighted by Crippen LogP contribution is 2.25. The van der Waals surface area contributed by atoms with Crippen LogP contribution in [0.15, 0.2) is 63.8 Å². The summed E-state index contributed by atoms with van der Waals surface area (Å²) in [5, 5.41) is 3.84. The van der Waals surface area contributed by atoms with E-state index in [2.05, 4.69) is 15.1 Å². The Balaban J connectivity index is 1.37. The molecule has 0 radical (unpaired) electrons. The van der Waals surface area contributed by atoms with Gasteiger partial charge in [0.05, 0.1) is 19.3 Å². The Hall–Kier alpha value is -3.32. The van der Waals surface area contributed by atoms with E-state index in [1.165, 1.54) is 0 Å². The molecule has 2 aromatic carbocycles. The molecule has 150 valence electrons. The Kier molecular flexibility index (Phi) is 5.48. The standard InChI is InChI=1S/C22H23N3O4/c1-28-17-6-4-5-16(13-17)23-21(26)15-24-9-11-25(12-10-24)19-14-22(27)29-20-8-3-2-7-18(19)20/h2-8,13-14H,9-12,15H2,1H3,(H,23,26). The number of amides is 1. The molecule has 0 bridgehead atoms. The second kappa shape index (κ2) is 8.36. The van der Waals surface area contributed by atoms with Crippen LogP contribution in [0.1, 0.15) is 0 Å². The number of anilines is 2. The van der Waals surface area contributed by atoms with Gasteiger partial charge in [0.25, 0.3) is 0 Å². The van der Waals surface area contributed by atoms with Crippen molar-refractivity contribution in [2.75, 3.05) is 50.1 Å². The molecule has 0 unspecified atom stereocenters. The van der Waals surface area contributed by atoms with Crippen molar-refractivity contribution in [3.05, 3.63) is 65.0 Å². The fraction of sp³-hybridized carbons (Fsp3) is 0.273. The quantitative estimate of drug-likeness (QED) is 0.672. The Bertz CT molecular complexity index is 1070. The number of nitrogens with zero attached hydrogens (tertiary/aromatic N) is 2. The summed E-state index contributed by atoms with van der Waals surface area (Å²) in [4.78, 5) is 28.6. The summed E-state index contributed by atoms with van der Waals surface area (Å²) in [6, 6.07) is 16.4. The van der Waals surface area contributed by atoms with E-state index in [4.69, 9.17) is 9.15 Å². The Labute approximate surface area is 168 Å². The van der Waals surface area contributed by atoms with Crippen LogP contribution in [-0.2, 0) is 4.79 Å². The van der Waals surface area contributed by atoms with E-state index in [1.54, 1.807) is 25.3 Å². The Morgan fingerprint density at radius 3 is 2.66 bits per heavy atom. The second-order valence-corrected chi connectivity index (χ2v) is 6.99. The molecule has 7 heteroatoms. The Morgan fingerprint density at radius 1 is 1.07 bits per heavy atom. The molecule has 7 nitrogen and oxygen atoms in total. The molecule has 29 heavy (non-hydrogen) atoms. The lowest BCUT2D eigenvalue weighted by Gasteiger charge is -2.36. The molecule has 1 aromatic heterocycles. The van der Waals surface area contributed by atoms with Gasteiger partial charge < -0.3 is 19.4 Å². The van der Waals surface area contributed by atoms with E-state index in [9.17, 15) is 9.59 Å². The van der Waals surface area contributed by atoms with Crippen molar-refractivity contribution in [3.8, 4) is 5.75 Å². The van der Waals surface area contributed by atoms with Crippen LogP contribution in [0.4, 0.5) is 11.4 Å². The van der Waals surface area contributed by atoms with E-state index >= 15 is 0 Å². The first kappa shape index (κ1) is 19.0. The number of ether oxygens (including phenoxy) is 1. The lowest BCUT2D eigenvalue weighted by molar-refractivity contribution is -0.117. The SMILES string of the molecule is COc1cccc(NC(=O)CN2CCN(c3cc(=O)oc4ccccc34)CC2)c1. The molecule has 1 aliphatic heterocycles. The number of hydrogen-bond donors (Lipinski definition) is 1. The van der Waals surface area contributed by atoms with E-state index in [1.807, 2.05) is 36.4 Å².